The van der Waals surface area contributed by atoms with Crippen molar-refractivity contribution in [3.8, 4) is 0 Å². The lowest BCUT2D eigenvalue weighted by molar-refractivity contribution is 0.0976. The van der Waals surface area contributed by atoms with Crippen molar-refractivity contribution >= 4 is 17.6 Å². The fraction of sp³-hybridized carbons (Fsp3) is 0.667. The molecule has 1 aromatic heterocycles. The molecule has 1 amide bonds. The first-order valence-electron chi connectivity index (χ1n) is 10.2. The van der Waals surface area contributed by atoms with E-state index in [1.165, 1.54) is 32.1 Å². The van der Waals surface area contributed by atoms with Crippen molar-refractivity contribution < 1.29 is 4.79 Å². The van der Waals surface area contributed by atoms with E-state index >= 15 is 0 Å². The number of nitrogens with zero attached hydrogens (tertiary/aromatic N) is 2. The highest BCUT2D eigenvalue weighted by molar-refractivity contribution is 6.07. The molecule has 2 aliphatic rings. The average Bonchev–Trinajstić information content (AvgIpc) is 2.62. The minimum Gasteiger partial charge on any atom is -0.356 e. The number of aryl methyl sites for hydroxylation is 1. The zero-order valence-corrected chi connectivity index (χ0v) is 16.9. The van der Waals surface area contributed by atoms with E-state index in [1.807, 2.05) is 19.2 Å². The molecule has 3 rings (SSSR count). The van der Waals surface area contributed by atoms with Crippen LogP contribution in [0.4, 0.5) is 5.82 Å². The molecule has 1 aliphatic heterocycles. The maximum absolute atomic E-state index is 12.5. The lowest BCUT2D eigenvalue weighted by Gasteiger charge is -2.43. The quantitative estimate of drug-likeness (QED) is 0.560. The number of rotatable bonds is 4. The lowest BCUT2D eigenvalue weighted by Crippen LogP contribution is -2.55. The van der Waals surface area contributed by atoms with Crippen molar-refractivity contribution in [2.45, 2.75) is 77.3 Å². The predicted molar refractivity (Wildman–Crippen MR) is 110 cm³/mol. The van der Waals surface area contributed by atoms with Crippen LogP contribution in [0, 0.1) is 12.3 Å². The molecule has 0 spiro atoms. The molecule has 1 saturated heterocycles. The number of carbonyl (C=O) groups excluding carboxylic acids is 1. The second-order valence-corrected chi connectivity index (χ2v) is 8.49. The molecule has 0 bridgehead atoms. The first-order chi connectivity index (χ1) is 12.9. The van der Waals surface area contributed by atoms with Crippen molar-refractivity contribution in [1.29, 1.82) is 5.41 Å². The summed E-state index contributed by atoms with van der Waals surface area (Å²) in [6.45, 7) is 7.62. The van der Waals surface area contributed by atoms with Gasteiger partial charge in [0.2, 0.25) is 0 Å². The zero-order chi connectivity index (χ0) is 19.4. The first kappa shape index (κ1) is 19.8. The van der Waals surface area contributed by atoms with Gasteiger partial charge in [-0.1, -0.05) is 19.3 Å². The van der Waals surface area contributed by atoms with Gasteiger partial charge in [-0.15, -0.1) is 0 Å². The van der Waals surface area contributed by atoms with Crippen LogP contribution < -0.4 is 15.5 Å². The smallest absolute Gasteiger partial charge is 0.260 e. The summed E-state index contributed by atoms with van der Waals surface area (Å²) in [7, 11) is 0. The van der Waals surface area contributed by atoms with Crippen LogP contribution >= 0.6 is 0 Å². The van der Waals surface area contributed by atoms with E-state index in [1.54, 1.807) is 6.92 Å². The summed E-state index contributed by atoms with van der Waals surface area (Å²) < 4.78 is 0. The Kier molecular flexibility index (Phi) is 6.15. The number of hydrogen-bond donors (Lipinski definition) is 3. The minimum atomic E-state index is -0.248. The third-order valence-electron chi connectivity index (χ3n) is 5.87. The third kappa shape index (κ3) is 5.06. The van der Waals surface area contributed by atoms with Crippen LogP contribution in [0.1, 0.15) is 74.7 Å². The van der Waals surface area contributed by atoms with Crippen LogP contribution in [0.5, 0.6) is 0 Å². The fourth-order valence-corrected chi connectivity index (χ4v) is 4.31. The standard InChI is InChI=1S/C21H33N5O/c1-15-13-18(20(27)24-16(2)22)19(23-14-15)26-11-9-21(3,10-12-26)25-17-7-5-4-6-8-17/h13-14,17,25H,4-12H2,1-3H3,(H2,22,24,27). The Morgan fingerprint density at radius 3 is 2.56 bits per heavy atom. The van der Waals surface area contributed by atoms with E-state index in [2.05, 4.69) is 27.4 Å². The van der Waals surface area contributed by atoms with Crippen molar-refractivity contribution in [1.82, 2.24) is 15.6 Å². The van der Waals surface area contributed by atoms with Gasteiger partial charge in [-0.3, -0.25) is 10.2 Å². The molecular formula is C21H33N5O. The number of amidine groups is 1. The summed E-state index contributed by atoms with van der Waals surface area (Å²) in [5.41, 5.74) is 1.68. The Hall–Kier alpha value is -1.95. The molecule has 6 nitrogen and oxygen atoms in total. The van der Waals surface area contributed by atoms with Gasteiger partial charge in [0.25, 0.3) is 5.91 Å². The highest BCUT2D eigenvalue weighted by atomic mass is 16.1. The molecule has 148 valence electrons. The molecule has 0 aromatic carbocycles. The van der Waals surface area contributed by atoms with Crippen molar-refractivity contribution in [3.63, 3.8) is 0 Å². The highest BCUT2D eigenvalue weighted by Gasteiger charge is 2.33. The van der Waals surface area contributed by atoms with Gasteiger partial charge in [0.05, 0.1) is 11.4 Å². The van der Waals surface area contributed by atoms with Crippen molar-refractivity contribution in [2.24, 2.45) is 0 Å². The van der Waals surface area contributed by atoms with E-state index in [9.17, 15) is 4.79 Å². The number of aromatic nitrogens is 1. The SMILES string of the molecule is CC(=N)NC(=O)c1cc(C)cnc1N1CCC(C)(NC2CCCCC2)CC1. The number of nitrogens with one attached hydrogen (secondary N) is 3. The molecule has 1 aliphatic carbocycles. The van der Waals surface area contributed by atoms with Crippen molar-refractivity contribution in [3.05, 3.63) is 23.4 Å². The van der Waals surface area contributed by atoms with Crippen molar-refractivity contribution in [2.75, 3.05) is 18.0 Å². The summed E-state index contributed by atoms with van der Waals surface area (Å²) in [6.07, 6.45) is 10.6. The van der Waals surface area contributed by atoms with E-state index in [-0.39, 0.29) is 17.3 Å². The molecule has 1 saturated carbocycles. The monoisotopic (exact) mass is 371 g/mol. The Labute approximate surface area is 162 Å². The molecule has 6 heteroatoms. The lowest BCUT2D eigenvalue weighted by atomic mass is 9.86. The molecule has 0 unspecified atom stereocenters. The third-order valence-corrected chi connectivity index (χ3v) is 5.87. The largest absolute Gasteiger partial charge is 0.356 e. The van der Waals surface area contributed by atoms with Gasteiger partial charge in [0.1, 0.15) is 5.82 Å². The van der Waals surface area contributed by atoms with Gasteiger partial charge in [0.15, 0.2) is 0 Å². The Bertz CT molecular complexity index is 688. The van der Waals surface area contributed by atoms with Crippen LogP contribution in [0.3, 0.4) is 0 Å². The van der Waals surface area contributed by atoms with Crippen LogP contribution in [0.2, 0.25) is 0 Å². The predicted octanol–water partition coefficient (Wildman–Crippen LogP) is 3.40. The molecule has 2 fully saturated rings. The summed E-state index contributed by atoms with van der Waals surface area (Å²) >= 11 is 0. The van der Waals surface area contributed by atoms with E-state index in [0.29, 0.717) is 11.6 Å². The van der Waals surface area contributed by atoms with Gasteiger partial charge in [-0.25, -0.2) is 4.98 Å². The zero-order valence-electron chi connectivity index (χ0n) is 16.9. The molecule has 0 atom stereocenters. The van der Waals surface area contributed by atoms with Crippen LogP contribution in [-0.2, 0) is 0 Å². The van der Waals surface area contributed by atoms with Gasteiger partial charge in [-0.2, -0.15) is 0 Å². The number of piperidine rings is 1. The number of carbonyl (C=O) groups is 1. The van der Waals surface area contributed by atoms with E-state index < -0.39 is 0 Å². The second-order valence-electron chi connectivity index (χ2n) is 8.49. The Morgan fingerprint density at radius 2 is 1.93 bits per heavy atom. The maximum Gasteiger partial charge on any atom is 0.260 e. The molecule has 0 radical (unpaired) electrons. The van der Waals surface area contributed by atoms with E-state index in [0.717, 1.165) is 37.3 Å². The number of anilines is 1. The fourth-order valence-electron chi connectivity index (χ4n) is 4.31. The summed E-state index contributed by atoms with van der Waals surface area (Å²) in [5, 5.41) is 14.1. The van der Waals surface area contributed by atoms with Gasteiger partial charge >= 0.3 is 0 Å². The molecule has 2 heterocycles. The molecule has 3 N–H and O–H groups in total. The summed E-state index contributed by atoms with van der Waals surface area (Å²) in [4.78, 5) is 19.3. The molecular weight excluding hydrogens is 338 g/mol. The number of amides is 1. The van der Waals surface area contributed by atoms with Gasteiger partial charge in [0, 0.05) is 30.9 Å². The maximum atomic E-state index is 12.5. The number of hydrogen-bond acceptors (Lipinski definition) is 5. The van der Waals surface area contributed by atoms with Crippen LogP contribution in [-0.4, -0.2) is 41.4 Å². The second kappa shape index (κ2) is 8.38. The highest BCUT2D eigenvalue weighted by Crippen LogP contribution is 2.29. The first-order valence-corrected chi connectivity index (χ1v) is 10.2. The normalized spacial score (nSPS) is 20.3. The van der Waals surface area contributed by atoms with Gasteiger partial charge in [-0.05, 0) is 58.1 Å². The van der Waals surface area contributed by atoms with Crippen LogP contribution in [0.15, 0.2) is 12.3 Å². The summed E-state index contributed by atoms with van der Waals surface area (Å²) in [5.74, 6) is 0.636. The molecule has 1 aromatic rings. The Balaban J connectivity index is 1.68. The van der Waals surface area contributed by atoms with Gasteiger partial charge < -0.3 is 15.5 Å². The van der Waals surface area contributed by atoms with Crippen LogP contribution in [0.25, 0.3) is 0 Å². The van der Waals surface area contributed by atoms with E-state index in [4.69, 9.17) is 5.41 Å². The molecule has 27 heavy (non-hydrogen) atoms. The Morgan fingerprint density at radius 1 is 1.26 bits per heavy atom. The summed E-state index contributed by atoms with van der Waals surface area (Å²) in [6, 6.07) is 2.53. The topological polar surface area (TPSA) is 81.1 Å². The average molecular weight is 372 g/mol. The number of pyridine rings is 1. The minimum absolute atomic E-state index is 0.148.